The molecular formula is C26H19ClF3NO3S2. The van der Waals surface area contributed by atoms with Gasteiger partial charge < -0.3 is 9.47 Å². The van der Waals surface area contributed by atoms with Gasteiger partial charge in [-0.1, -0.05) is 65.9 Å². The third-order valence-electron chi connectivity index (χ3n) is 5.13. The van der Waals surface area contributed by atoms with Crippen LogP contribution in [0.2, 0.25) is 5.02 Å². The second kappa shape index (κ2) is 10.9. The van der Waals surface area contributed by atoms with E-state index in [0.717, 1.165) is 34.4 Å². The zero-order valence-electron chi connectivity index (χ0n) is 18.8. The molecule has 1 aliphatic heterocycles. The van der Waals surface area contributed by atoms with E-state index >= 15 is 0 Å². The molecule has 3 aromatic rings. The molecule has 186 valence electrons. The summed E-state index contributed by atoms with van der Waals surface area (Å²) in [7, 11) is 0. The van der Waals surface area contributed by atoms with Crippen LogP contribution in [0, 0.1) is 0 Å². The topological polar surface area (TPSA) is 38.8 Å². The summed E-state index contributed by atoms with van der Waals surface area (Å²) in [6, 6.07) is 17.1. The van der Waals surface area contributed by atoms with Crippen molar-refractivity contribution in [3.63, 3.8) is 0 Å². The Balaban J connectivity index is 1.57. The fraction of sp³-hybridized carbons (Fsp3) is 0.154. The standard InChI is InChI=1S/C26H19ClF3NO3S2/c1-2-33-22-12-16(10-11-21(22)34-15-17-6-3-4-9-20(17)27)13-23-24(32)31(25(35)36-23)19-8-5-7-18(14-19)26(28,29)30/h3-14H,2,15H2,1H3/b23-13-. The molecular weight excluding hydrogens is 531 g/mol. The number of hydrogen-bond acceptors (Lipinski definition) is 5. The SMILES string of the molecule is CCOc1cc(/C=C2\SC(=S)N(c3cccc(C(F)(F)F)c3)C2=O)ccc1OCc1ccccc1Cl. The molecule has 0 radical (unpaired) electrons. The average Bonchev–Trinajstić information content (AvgIpc) is 3.11. The molecule has 1 heterocycles. The van der Waals surface area contributed by atoms with Gasteiger partial charge in [0.15, 0.2) is 15.8 Å². The first kappa shape index (κ1) is 26.1. The molecule has 0 aromatic heterocycles. The van der Waals surface area contributed by atoms with Crippen molar-refractivity contribution in [1.82, 2.24) is 0 Å². The Morgan fingerprint density at radius 2 is 1.81 bits per heavy atom. The zero-order valence-corrected chi connectivity index (χ0v) is 21.2. The summed E-state index contributed by atoms with van der Waals surface area (Å²) in [5, 5.41) is 0.592. The van der Waals surface area contributed by atoms with Crippen LogP contribution in [0.5, 0.6) is 11.5 Å². The number of halogens is 4. The number of carbonyl (C=O) groups excluding carboxylic acids is 1. The number of carbonyl (C=O) groups is 1. The minimum Gasteiger partial charge on any atom is -0.490 e. The largest absolute Gasteiger partial charge is 0.490 e. The lowest BCUT2D eigenvalue weighted by atomic mass is 10.1. The Kier molecular flexibility index (Phi) is 7.92. The first-order chi connectivity index (χ1) is 17.2. The van der Waals surface area contributed by atoms with Gasteiger partial charge in [-0.25, -0.2) is 0 Å². The Morgan fingerprint density at radius 1 is 1.03 bits per heavy atom. The molecule has 0 unspecified atom stereocenters. The first-order valence-corrected chi connectivity index (χ1v) is 12.4. The third-order valence-corrected chi connectivity index (χ3v) is 6.80. The van der Waals surface area contributed by atoms with Gasteiger partial charge in [-0.3, -0.25) is 9.69 Å². The summed E-state index contributed by atoms with van der Waals surface area (Å²) in [5.41, 5.74) is 0.679. The summed E-state index contributed by atoms with van der Waals surface area (Å²) in [5.74, 6) is 0.485. The number of thioether (sulfide) groups is 1. The van der Waals surface area contributed by atoms with Gasteiger partial charge >= 0.3 is 6.18 Å². The molecule has 36 heavy (non-hydrogen) atoms. The van der Waals surface area contributed by atoms with Crippen LogP contribution in [-0.4, -0.2) is 16.8 Å². The molecule has 10 heteroatoms. The molecule has 4 rings (SSSR count). The molecule has 3 aromatic carbocycles. The van der Waals surface area contributed by atoms with Gasteiger partial charge in [-0.2, -0.15) is 13.2 Å². The average molecular weight is 550 g/mol. The van der Waals surface area contributed by atoms with E-state index in [2.05, 4.69) is 0 Å². The minimum absolute atomic E-state index is 0.0639. The summed E-state index contributed by atoms with van der Waals surface area (Å²) >= 11 is 12.5. The molecule has 1 aliphatic rings. The van der Waals surface area contributed by atoms with Crippen molar-refractivity contribution in [3.8, 4) is 11.5 Å². The van der Waals surface area contributed by atoms with Crippen LogP contribution in [0.1, 0.15) is 23.6 Å². The van der Waals surface area contributed by atoms with Gasteiger partial charge in [0.1, 0.15) is 6.61 Å². The highest BCUT2D eigenvalue weighted by Crippen LogP contribution is 2.39. The van der Waals surface area contributed by atoms with E-state index in [4.69, 9.17) is 33.3 Å². The van der Waals surface area contributed by atoms with Crippen LogP contribution in [0.15, 0.2) is 71.6 Å². The number of anilines is 1. The number of thiocarbonyl (C=S) groups is 1. The number of amides is 1. The second-order valence-electron chi connectivity index (χ2n) is 7.58. The van der Waals surface area contributed by atoms with Crippen LogP contribution >= 0.6 is 35.6 Å². The lowest BCUT2D eigenvalue weighted by Gasteiger charge is -2.16. The lowest BCUT2D eigenvalue weighted by molar-refractivity contribution is -0.137. The molecule has 0 N–H and O–H groups in total. The molecule has 1 amide bonds. The zero-order chi connectivity index (χ0) is 25.9. The number of rotatable bonds is 7. The third kappa shape index (κ3) is 5.86. The molecule has 1 saturated heterocycles. The Morgan fingerprint density at radius 3 is 2.53 bits per heavy atom. The van der Waals surface area contributed by atoms with Crippen molar-refractivity contribution in [2.24, 2.45) is 0 Å². The fourth-order valence-corrected chi connectivity index (χ4v) is 4.93. The molecule has 0 bridgehead atoms. The second-order valence-corrected chi connectivity index (χ2v) is 9.67. The van der Waals surface area contributed by atoms with Gasteiger partial charge in [0.25, 0.3) is 5.91 Å². The van der Waals surface area contributed by atoms with E-state index in [0.29, 0.717) is 28.7 Å². The predicted molar refractivity (Wildman–Crippen MR) is 140 cm³/mol. The van der Waals surface area contributed by atoms with Crippen LogP contribution in [0.4, 0.5) is 18.9 Å². The van der Waals surface area contributed by atoms with E-state index in [1.54, 1.807) is 30.3 Å². The van der Waals surface area contributed by atoms with Crippen molar-refractivity contribution < 1.29 is 27.4 Å². The van der Waals surface area contributed by atoms with Crippen molar-refractivity contribution in [2.75, 3.05) is 11.5 Å². The molecule has 0 spiro atoms. The molecule has 0 aliphatic carbocycles. The summed E-state index contributed by atoms with van der Waals surface area (Å²) in [6.07, 6.45) is -2.91. The minimum atomic E-state index is -4.53. The van der Waals surface area contributed by atoms with Crippen LogP contribution < -0.4 is 14.4 Å². The van der Waals surface area contributed by atoms with Gasteiger partial charge in [0.2, 0.25) is 0 Å². The Labute approximate surface area is 220 Å². The van der Waals surface area contributed by atoms with Crippen LogP contribution in [-0.2, 0) is 17.6 Å². The molecule has 0 saturated carbocycles. The van der Waals surface area contributed by atoms with Gasteiger partial charge in [-0.05, 0) is 55.0 Å². The quantitative estimate of drug-likeness (QED) is 0.223. The smallest absolute Gasteiger partial charge is 0.416 e. The lowest BCUT2D eigenvalue weighted by Crippen LogP contribution is -2.27. The first-order valence-electron chi connectivity index (χ1n) is 10.8. The maximum Gasteiger partial charge on any atom is 0.416 e. The molecule has 1 fully saturated rings. The van der Waals surface area contributed by atoms with Crippen LogP contribution in [0.3, 0.4) is 0 Å². The van der Waals surface area contributed by atoms with Crippen molar-refractivity contribution in [1.29, 1.82) is 0 Å². The maximum absolute atomic E-state index is 13.1. The monoisotopic (exact) mass is 549 g/mol. The van der Waals surface area contributed by atoms with Gasteiger partial charge in [-0.15, -0.1) is 0 Å². The summed E-state index contributed by atoms with van der Waals surface area (Å²) in [4.78, 5) is 14.4. The van der Waals surface area contributed by atoms with Gasteiger partial charge in [0.05, 0.1) is 22.8 Å². The number of nitrogens with zero attached hydrogens (tertiary/aromatic N) is 1. The van der Waals surface area contributed by atoms with E-state index in [1.807, 2.05) is 25.1 Å². The summed E-state index contributed by atoms with van der Waals surface area (Å²) in [6.45, 7) is 2.48. The van der Waals surface area contributed by atoms with E-state index < -0.39 is 17.6 Å². The highest BCUT2D eigenvalue weighted by Gasteiger charge is 2.36. The van der Waals surface area contributed by atoms with Crippen LogP contribution in [0.25, 0.3) is 6.08 Å². The number of benzene rings is 3. The Bertz CT molecular complexity index is 1340. The fourth-order valence-electron chi connectivity index (χ4n) is 3.44. The van der Waals surface area contributed by atoms with E-state index in [1.165, 1.54) is 12.1 Å². The number of ether oxygens (including phenoxy) is 2. The highest BCUT2D eigenvalue weighted by atomic mass is 35.5. The predicted octanol–water partition coefficient (Wildman–Crippen LogP) is 7.74. The van der Waals surface area contributed by atoms with Crippen molar-refractivity contribution >= 4 is 57.6 Å². The molecule has 0 atom stereocenters. The van der Waals surface area contributed by atoms with Crippen molar-refractivity contribution in [3.05, 3.63) is 93.3 Å². The number of alkyl halides is 3. The van der Waals surface area contributed by atoms with E-state index in [-0.39, 0.29) is 21.5 Å². The summed E-state index contributed by atoms with van der Waals surface area (Å²) < 4.78 is 51.2. The van der Waals surface area contributed by atoms with Crippen molar-refractivity contribution in [2.45, 2.75) is 19.7 Å². The number of hydrogen-bond donors (Lipinski definition) is 0. The van der Waals surface area contributed by atoms with E-state index in [9.17, 15) is 18.0 Å². The normalized spacial score (nSPS) is 15.0. The maximum atomic E-state index is 13.1. The highest BCUT2D eigenvalue weighted by molar-refractivity contribution is 8.27. The molecule has 4 nitrogen and oxygen atoms in total. The Hall–Kier alpha value is -3.01. The van der Waals surface area contributed by atoms with Gasteiger partial charge in [0, 0.05) is 10.6 Å².